The highest BCUT2D eigenvalue weighted by molar-refractivity contribution is 7.19. The van der Waals surface area contributed by atoms with E-state index < -0.39 is 17.8 Å². The minimum Gasteiger partial charge on any atom is -0.388 e. The first kappa shape index (κ1) is 11.4. The van der Waals surface area contributed by atoms with E-state index in [1.807, 2.05) is 0 Å². The van der Waals surface area contributed by atoms with E-state index in [1.54, 1.807) is 13.0 Å². The Morgan fingerprint density at radius 3 is 2.50 bits per heavy atom. The first-order valence-corrected chi connectivity index (χ1v) is 5.48. The molecule has 1 N–H and O–H groups in total. The monoisotopic (exact) mass is 246 g/mol. The third kappa shape index (κ3) is 2.05. The van der Waals surface area contributed by atoms with Crippen molar-refractivity contribution in [2.24, 2.45) is 0 Å². The van der Waals surface area contributed by atoms with Crippen LogP contribution in [0.15, 0.2) is 24.3 Å². The van der Waals surface area contributed by atoms with Crippen molar-refractivity contribution in [1.82, 2.24) is 0 Å². The highest BCUT2D eigenvalue weighted by atomic mass is 32.1. The van der Waals surface area contributed by atoms with Gasteiger partial charge in [-0.2, -0.15) is 13.2 Å². The van der Waals surface area contributed by atoms with Crippen molar-refractivity contribution in [3.05, 3.63) is 34.7 Å². The zero-order valence-corrected chi connectivity index (χ0v) is 9.19. The van der Waals surface area contributed by atoms with Crippen LogP contribution in [0, 0.1) is 0 Å². The number of benzene rings is 1. The standard InChI is InChI=1S/C11H9F3OS/c1-6(15)9-4-7-2-3-8(11(12,13)14)5-10(7)16-9/h2-6,15H,1H3. The molecule has 0 radical (unpaired) electrons. The van der Waals surface area contributed by atoms with E-state index in [0.717, 1.165) is 17.5 Å². The molecule has 16 heavy (non-hydrogen) atoms. The van der Waals surface area contributed by atoms with Crippen molar-refractivity contribution in [2.45, 2.75) is 19.2 Å². The van der Waals surface area contributed by atoms with Gasteiger partial charge in [-0.1, -0.05) is 6.07 Å². The van der Waals surface area contributed by atoms with Crippen LogP contribution in [-0.4, -0.2) is 5.11 Å². The van der Waals surface area contributed by atoms with Crippen molar-refractivity contribution < 1.29 is 18.3 Å². The lowest BCUT2D eigenvalue weighted by Crippen LogP contribution is -2.03. The van der Waals surface area contributed by atoms with Crippen molar-refractivity contribution in [3.63, 3.8) is 0 Å². The highest BCUT2D eigenvalue weighted by Gasteiger charge is 2.30. The fourth-order valence-corrected chi connectivity index (χ4v) is 2.47. The van der Waals surface area contributed by atoms with E-state index >= 15 is 0 Å². The van der Waals surface area contributed by atoms with E-state index in [-0.39, 0.29) is 0 Å². The van der Waals surface area contributed by atoms with E-state index in [9.17, 15) is 18.3 Å². The average molecular weight is 246 g/mol. The Labute approximate surface area is 94.1 Å². The number of fused-ring (bicyclic) bond motifs is 1. The maximum absolute atomic E-state index is 12.4. The quantitative estimate of drug-likeness (QED) is 0.807. The Morgan fingerprint density at radius 1 is 1.25 bits per heavy atom. The van der Waals surface area contributed by atoms with Crippen LogP contribution in [0.4, 0.5) is 13.2 Å². The Kier molecular flexibility index (Phi) is 2.67. The second-order valence-electron chi connectivity index (χ2n) is 3.58. The summed E-state index contributed by atoms with van der Waals surface area (Å²) in [6.45, 7) is 1.59. The van der Waals surface area contributed by atoms with Crippen molar-refractivity contribution in [1.29, 1.82) is 0 Å². The van der Waals surface area contributed by atoms with Gasteiger partial charge in [0.05, 0.1) is 11.7 Å². The van der Waals surface area contributed by atoms with Gasteiger partial charge in [-0.15, -0.1) is 11.3 Å². The molecule has 0 aliphatic heterocycles. The molecule has 0 spiro atoms. The van der Waals surface area contributed by atoms with Gasteiger partial charge >= 0.3 is 6.18 Å². The molecule has 0 saturated carbocycles. The van der Waals surface area contributed by atoms with Gasteiger partial charge in [-0.05, 0) is 30.5 Å². The molecule has 1 aromatic carbocycles. The number of thiophene rings is 1. The van der Waals surface area contributed by atoms with Gasteiger partial charge < -0.3 is 5.11 Å². The first-order valence-electron chi connectivity index (χ1n) is 4.66. The highest BCUT2D eigenvalue weighted by Crippen LogP contribution is 2.35. The predicted octanol–water partition coefficient (Wildman–Crippen LogP) is 3.97. The van der Waals surface area contributed by atoms with Crippen molar-refractivity contribution >= 4 is 21.4 Å². The SMILES string of the molecule is CC(O)c1cc2ccc(C(F)(F)F)cc2s1. The Morgan fingerprint density at radius 2 is 1.94 bits per heavy atom. The summed E-state index contributed by atoms with van der Waals surface area (Å²) in [6.07, 6.45) is -4.96. The molecule has 0 aliphatic rings. The van der Waals surface area contributed by atoms with Gasteiger partial charge in [0, 0.05) is 9.58 Å². The molecule has 2 aromatic rings. The molecule has 1 atom stereocenters. The van der Waals surface area contributed by atoms with Gasteiger partial charge in [0.2, 0.25) is 0 Å². The molecule has 1 unspecified atom stereocenters. The third-order valence-corrected chi connectivity index (χ3v) is 3.55. The Hall–Kier alpha value is -1.07. The maximum atomic E-state index is 12.4. The number of halogens is 3. The molecular weight excluding hydrogens is 237 g/mol. The summed E-state index contributed by atoms with van der Waals surface area (Å²) in [5.74, 6) is 0. The van der Waals surface area contributed by atoms with Crippen LogP contribution < -0.4 is 0 Å². The summed E-state index contributed by atoms with van der Waals surface area (Å²) < 4.78 is 37.9. The Balaban J connectivity index is 2.54. The fraction of sp³-hybridized carbons (Fsp3) is 0.273. The van der Waals surface area contributed by atoms with Crippen LogP contribution in [0.1, 0.15) is 23.5 Å². The van der Waals surface area contributed by atoms with Crippen molar-refractivity contribution in [2.75, 3.05) is 0 Å². The summed E-state index contributed by atoms with van der Waals surface area (Å²) in [7, 11) is 0. The van der Waals surface area contributed by atoms with Crippen LogP contribution in [0.5, 0.6) is 0 Å². The lowest BCUT2D eigenvalue weighted by atomic mass is 10.1. The topological polar surface area (TPSA) is 20.2 Å². The number of aliphatic hydroxyl groups is 1. The molecule has 0 saturated heterocycles. The van der Waals surface area contributed by atoms with Crippen LogP contribution >= 0.6 is 11.3 Å². The molecule has 86 valence electrons. The van der Waals surface area contributed by atoms with Crippen LogP contribution in [0.25, 0.3) is 10.1 Å². The molecule has 0 bridgehead atoms. The zero-order chi connectivity index (χ0) is 11.9. The van der Waals surface area contributed by atoms with Gasteiger partial charge in [0.1, 0.15) is 0 Å². The lowest BCUT2D eigenvalue weighted by Gasteiger charge is -2.05. The average Bonchev–Trinajstić information content (AvgIpc) is 2.58. The van der Waals surface area contributed by atoms with E-state index in [4.69, 9.17) is 0 Å². The molecule has 0 amide bonds. The third-order valence-electron chi connectivity index (χ3n) is 2.28. The summed E-state index contributed by atoms with van der Waals surface area (Å²) in [6, 6.07) is 5.32. The summed E-state index contributed by atoms with van der Waals surface area (Å²) >= 11 is 1.19. The molecule has 1 aromatic heterocycles. The van der Waals surface area contributed by atoms with Crippen molar-refractivity contribution in [3.8, 4) is 0 Å². The minimum atomic E-state index is -4.32. The van der Waals surface area contributed by atoms with Crippen LogP contribution in [-0.2, 0) is 6.18 Å². The smallest absolute Gasteiger partial charge is 0.388 e. The second-order valence-corrected chi connectivity index (χ2v) is 4.69. The van der Waals surface area contributed by atoms with E-state index in [2.05, 4.69) is 0 Å². The summed E-state index contributed by atoms with van der Waals surface area (Å²) in [5, 5.41) is 10.1. The first-order chi connectivity index (χ1) is 7.38. The van der Waals surface area contributed by atoms with E-state index in [0.29, 0.717) is 9.58 Å². The lowest BCUT2D eigenvalue weighted by molar-refractivity contribution is -0.137. The van der Waals surface area contributed by atoms with Gasteiger partial charge in [-0.25, -0.2) is 0 Å². The molecule has 1 nitrogen and oxygen atoms in total. The second kappa shape index (κ2) is 3.75. The van der Waals surface area contributed by atoms with Crippen LogP contribution in [0.2, 0.25) is 0 Å². The predicted molar refractivity (Wildman–Crippen MR) is 57.5 cm³/mol. The molecule has 5 heteroatoms. The number of aliphatic hydroxyl groups excluding tert-OH is 1. The van der Waals surface area contributed by atoms with Gasteiger partial charge in [-0.3, -0.25) is 0 Å². The zero-order valence-electron chi connectivity index (χ0n) is 8.38. The molecule has 2 rings (SSSR count). The number of alkyl halides is 3. The summed E-state index contributed by atoms with van der Waals surface area (Å²) in [4.78, 5) is 0.675. The molecular formula is C11H9F3OS. The molecule has 0 aliphatic carbocycles. The maximum Gasteiger partial charge on any atom is 0.416 e. The van der Waals surface area contributed by atoms with Crippen LogP contribution in [0.3, 0.4) is 0 Å². The normalized spacial score (nSPS) is 14.3. The molecule has 1 heterocycles. The largest absolute Gasteiger partial charge is 0.416 e. The number of hydrogen-bond donors (Lipinski definition) is 1. The van der Waals surface area contributed by atoms with E-state index in [1.165, 1.54) is 17.4 Å². The Bertz CT molecular complexity index is 513. The van der Waals surface area contributed by atoms with Gasteiger partial charge in [0.25, 0.3) is 0 Å². The minimum absolute atomic E-state index is 0.547. The number of hydrogen-bond acceptors (Lipinski definition) is 2. The summed E-state index contributed by atoms with van der Waals surface area (Å²) in [5.41, 5.74) is -0.654. The number of rotatable bonds is 1. The molecule has 0 fully saturated rings. The van der Waals surface area contributed by atoms with Gasteiger partial charge in [0.15, 0.2) is 0 Å². The fourth-order valence-electron chi connectivity index (χ4n) is 1.43.